The summed E-state index contributed by atoms with van der Waals surface area (Å²) in [5.74, 6) is -5.26. The van der Waals surface area contributed by atoms with Crippen LogP contribution in [0.15, 0.2) is 53.3 Å². The number of carbonyl (C=O) groups is 9. The van der Waals surface area contributed by atoms with Crippen LogP contribution in [-0.4, -0.2) is 172 Å². The topological polar surface area (TPSA) is 405 Å². The Labute approximate surface area is 577 Å². The second-order valence-electron chi connectivity index (χ2n) is 25.3. The Morgan fingerprint density at radius 2 is 1.48 bits per heavy atom. The van der Waals surface area contributed by atoms with Crippen molar-refractivity contribution in [2.45, 2.75) is 148 Å². The van der Waals surface area contributed by atoms with Crippen LogP contribution in [0.2, 0.25) is 0 Å². The van der Waals surface area contributed by atoms with Crippen molar-refractivity contribution in [1.29, 1.82) is 0 Å². The van der Waals surface area contributed by atoms with Crippen molar-refractivity contribution in [2.24, 2.45) is 17.6 Å². The maximum absolute atomic E-state index is 15.4. The van der Waals surface area contributed by atoms with Crippen LogP contribution in [0.25, 0.3) is 22.3 Å². The Kier molecular flexibility index (Phi) is 28.6. The van der Waals surface area contributed by atoms with E-state index in [2.05, 4.69) is 54.7 Å². The molecule has 4 aliphatic rings. The lowest BCUT2D eigenvalue weighted by Crippen LogP contribution is -2.54. The molecule has 2 aromatic heterocycles. The lowest BCUT2D eigenvalue weighted by Gasteiger charge is -2.35. The minimum Gasteiger partial charge on any atom is -0.458 e. The third kappa shape index (κ3) is 21.0. The van der Waals surface area contributed by atoms with E-state index in [1.54, 1.807) is 65.0 Å². The Morgan fingerprint density at radius 1 is 0.770 bits per heavy atom. The minimum absolute atomic E-state index is 0.0457. The van der Waals surface area contributed by atoms with Gasteiger partial charge in [-0.2, -0.15) is 0 Å². The minimum atomic E-state index is -2.10. The van der Waals surface area contributed by atoms with E-state index in [1.807, 2.05) is 0 Å². The van der Waals surface area contributed by atoms with Crippen LogP contribution in [0.1, 0.15) is 130 Å². The Bertz CT molecular complexity index is 3680. The van der Waals surface area contributed by atoms with Crippen LogP contribution in [0.5, 0.6) is 0 Å². The summed E-state index contributed by atoms with van der Waals surface area (Å²) < 4.78 is 60.6. The molecule has 100 heavy (non-hydrogen) atoms. The summed E-state index contributed by atoms with van der Waals surface area (Å²) in [5.41, 5.74) is 7.14. The zero-order chi connectivity index (χ0) is 71.9. The number of nitrogens with two attached hydrogens (primary N) is 1. The number of pyridine rings is 2. The summed E-state index contributed by atoms with van der Waals surface area (Å²) in [5, 5.41) is 33.5. The van der Waals surface area contributed by atoms with Crippen LogP contribution in [0.3, 0.4) is 0 Å². The highest BCUT2D eigenvalue weighted by Crippen LogP contribution is 2.46. The largest absolute Gasteiger partial charge is 0.458 e. The number of urea groups is 1. The molecule has 0 fully saturated rings. The number of cyclic esters (lactones) is 1. The number of rotatable bonds is 36. The second kappa shape index (κ2) is 37.3. The zero-order valence-corrected chi connectivity index (χ0v) is 57.1. The number of hydrogen-bond donors (Lipinski definition) is 10. The predicted octanol–water partition coefficient (Wildman–Crippen LogP) is 3.98. The second-order valence-corrected chi connectivity index (χ2v) is 25.3. The Morgan fingerprint density at radius 3 is 2.19 bits per heavy atom. The van der Waals surface area contributed by atoms with Gasteiger partial charge in [0.2, 0.25) is 29.5 Å². The molecule has 2 aliphatic heterocycles. The number of aliphatic hydroxyl groups is 1. The van der Waals surface area contributed by atoms with E-state index in [-0.39, 0.29) is 88.5 Å². The summed E-state index contributed by atoms with van der Waals surface area (Å²) in [6.45, 7) is 9.11. The number of fused-ring (bicyclic) bond motifs is 5. The number of amides is 9. The van der Waals surface area contributed by atoms with Gasteiger partial charge in [-0.3, -0.25) is 28.8 Å². The van der Waals surface area contributed by atoms with Crippen LogP contribution in [0.4, 0.5) is 24.5 Å². The van der Waals surface area contributed by atoms with Gasteiger partial charge in [0.25, 0.3) is 5.56 Å². The highest BCUT2D eigenvalue weighted by Gasteiger charge is 2.49. The number of esters is 1. The first-order valence-electron chi connectivity index (χ1n) is 33.8. The molecule has 31 heteroatoms. The predicted molar refractivity (Wildman–Crippen MR) is 359 cm³/mol. The average Bonchev–Trinajstić information content (AvgIpc) is 1.49. The highest BCUT2D eigenvalue weighted by atomic mass is 19.1. The molecule has 8 rings (SSSR count). The molecule has 9 amide bonds. The monoisotopic (exact) mass is 1400 g/mol. The van der Waals surface area contributed by atoms with E-state index < -0.39 is 115 Å². The van der Waals surface area contributed by atoms with Crippen molar-refractivity contribution in [3.8, 4) is 11.4 Å². The number of alkyl carbamates (subject to hydrolysis) is 2. The molecule has 0 spiro atoms. The summed E-state index contributed by atoms with van der Waals surface area (Å²) in [6.07, 6.45) is 8.45. The summed E-state index contributed by atoms with van der Waals surface area (Å²) in [6, 6.07) is 5.59. The number of aromatic nitrogens is 2. The standard InChI is InChI=1S/C69H92FN11O19/c1-40(2)60(80-55(82)21-24-93-26-28-95-30-31-96-29-27-94-25-23-73-68(91)100-45-12-9-7-6-8-10-13-45)63(86)79-52(14-11-22-72-66(71)89)62(85)76-44-17-15-43(16-18-44)36-99-67(90)74-34-56(83)75-39-97-38-57(84)77-51-20-19-46-42(5)50(70)33-53-58(46)59(51)47-35-81-54(61(47)78-53)32-49-48(64(81)87)37-98-65(88)69(49,92)41(3)4/h6-7,15-18,32-33,40-41,45,51-52,60,92H,8-14,19-31,34-39H2,1-5H3,(H,73,91)(H,74,90)(H,75,83)(H,76,85)(H,77,84)(H,79,86)(H,80,82)(H3,71,72,89)/b7-6+/t45?,51-,52-,60-,69-/m0/s1. The lowest BCUT2D eigenvalue weighted by molar-refractivity contribution is -0.177. The van der Waals surface area contributed by atoms with Gasteiger partial charge in [0.15, 0.2) is 5.60 Å². The van der Waals surface area contributed by atoms with Crippen molar-refractivity contribution in [1.82, 2.24) is 46.8 Å². The Balaban J connectivity index is 0.705. The number of aryl methyl sites for hydroxylation is 1. The number of hydrogen-bond acceptors (Lipinski definition) is 20. The van der Waals surface area contributed by atoms with E-state index >= 15 is 4.39 Å². The smallest absolute Gasteiger partial charge is 0.407 e. The molecule has 4 aromatic rings. The number of anilines is 1. The van der Waals surface area contributed by atoms with Crippen LogP contribution in [-0.2, 0) is 98.4 Å². The van der Waals surface area contributed by atoms with Gasteiger partial charge in [-0.05, 0) is 117 Å². The van der Waals surface area contributed by atoms with Crippen molar-refractivity contribution >= 4 is 70.3 Å². The number of nitrogens with one attached hydrogen (secondary N) is 8. The number of ether oxygens (including phenoxy) is 8. The molecule has 1 unspecified atom stereocenters. The quantitative estimate of drug-likeness (QED) is 0.00891. The number of allylic oxidation sites excluding steroid dienone is 2. The molecule has 2 aromatic carbocycles. The van der Waals surface area contributed by atoms with Gasteiger partial charge >= 0.3 is 24.2 Å². The molecular weight excluding hydrogens is 1310 g/mol. The lowest BCUT2D eigenvalue weighted by atomic mass is 9.79. The zero-order valence-electron chi connectivity index (χ0n) is 57.1. The van der Waals surface area contributed by atoms with Gasteiger partial charge in [-0.25, -0.2) is 28.6 Å². The molecule has 544 valence electrons. The molecule has 4 heterocycles. The van der Waals surface area contributed by atoms with E-state index in [9.17, 15) is 53.1 Å². The van der Waals surface area contributed by atoms with E-state index in [4.69, 9.17) is 48.6 Å². The normalized spacial score (nSPS) is 17.6. The molecule has 11 N–H and O–H groups in total. The molecule has 0 bridgehead atoms. The molecule has 5 atom stereocenters. The van der Waals surface area contributed by atoms with Gasteiger partial charge < -0.3 is 95.8 Å². The van der Waals surface area contributed by atoms with Gasteiger partial charge in [0, 0.05) is 47.8 Å². The first-order chi connectivity index (χ1) is 48.0. The van der Waals surface area contributed by atoms with Gasteiger partial charge in [0.05, 0.1) is 87.9 Å². The maximum Gasteiger partial charge on any atom is 0.407 e. The van der Waals surface area contributed by atoms with Crippen molar-refractivity contribution in [3.63, 3.8) is 0 Å². The van der Waals surface area contributed by atoms with E-state index in [0.29, 0.717) is 103 Å². The number of benzene rings is 2. The maximum atomic E-state index is 15.4. The fourth-order valence-electron chi connectivity index (χ4n) is 12.1. The number of primary amides is 1. The fourth-order valence-corrected chi connectivity index (χ4v) is 12.1. The van der Waals surface area contributed by atoms with Crippen LogP contribution < -0.4 is 53.8 Å². The highest BCUT2D eigenvalue weighted by molar-refractivity contribution is 5.99. The summed E-state index contributed by atoms with van der Waals surface area (Å²) in [4.78, 5) is 135. The molecular formula is C69H92FN11O19. The number of carbonyl (C=O) groups excluding carboxylic acids is 9. The third-order valence-electron chi connectivity index (χ3n) is 17.5. The number of halogens is 1. The molecule has 30 nitrogen and oxygen atoms in total. The first kappa shape index (κ1) is 76.6. The molecule has 0 radical (unpaired) electrons. The summed E-state index contributed by atoms with van der Waals surface area (Å²) >= 11 is 0. The molecule has 0 saturated carbocycles. The van der Waals surface area contributed by atoms with Gasteiger partial charge in [0.1, 0.15) is 57.1 Å². The third-order valence-corrected chi connectivity index (χ3v) is 17.5. The molecule has 2 aliphatic carbocycles. The van der Waals surface area contributed by atoms with E-state index in [0.717, 1.165) is 37.7 Å². The van der Waals surface area contributed by atoms with Crippen LogP contribution >= 0.6 is 0 Å². The first-order valence-corrected chi connectivity index (χ1v) is 33.8. The van der Waals surface area contributed by atoms with Crippen molar-refractivity contribution in [3.05, 3.63) is 104 Å². The van der Waals surface area contributed by atoms with Crippen LogP contribution in [0, 0.1) is 24.6 Å². The van der Waals surface area contributed by atoms with Crippen molar-refractivity contribution < 1.29 is 90.5 Å². The van der Waals surface area contributed by atoms with Crippen molar-refractivity contribution in [2.75, 3.05) is 91.1 Å². The van der Waals surface area contributed by atoms with Gasteiger partial charge in [-0.1, -0.05) is 52.0 Å². The number of nitrogens with zero attached hydrogens (tertiary/aromatic N) is 2. The van der Waals surface area contributed by atoms with E-state index in [1.165, 1.54) is 10.6 Å². The average molecular weight is 1400 g/mol. The SMILES string of the molecule is Cc1c(F)cc2nc3c(c4c2c1CC[C@@H]4NC(=O)COCNC(=O)CNC(=O)OCc1ccc(NC(=O)[C@H](CCCNC(N)=O)NC(=O)[C@@H](NC(=O)CCOCCOCCOCCOCCNC(=O)OC2CC/C=C/CCC2)C(C)C)cc1)Cn1c-3cc2c(c1=O)COC(=O)[C@]2(O)C(C)C. The molecule has 0 saturated heterocycles. The fraction of sp³-hybridized carbons (Fsp3) is 0.551. The summed E-state index contributed by atoms with van der Waals surface area (Å²) in [7, 11) is 0. The Hall–Kier alpha value is -9.14. The van der Waals surface area contributed by atoms with Gasteiger partial charge in [-0.15, -0.1) is 0 Å².